The molecule has 0 unspecified atom stereocenters. The molecule has 0 amide bonds. The first-order valence-electron chi connectivity index (χ1n) is 5.43. The Morgan fingerprint density at radius 2 is 2.18 bits per heavy atom. The molecule has 3 nitrogen and oxygen atoms in total. The number of hydrogen-bond donors (Lipinski definition) is 1. The Morgan fingerprint density at radius 3 is 2.82 bits per heavy atom. The topological polar surface area (TPSA) is 36.4 Å². The van der Waals surface area contributed by atoms with Crippen molar-refractivity contribution in [2.24, 2.45) is 0 Å². The maximum absolute atomic E-state index is 12.8. The van der Waals surface area contributed by atoms with Crippen LogP contribution >= 0.6 is 0 Å². The summed E-state index contributed by atoms with van der Waals surface area (Å²) in [5.41, 5.74) is -0.742. The Labute approximate surface area is 96.9 Å². The minimum Gasteiger partial charge on any atom is -0.391 e. The predicted octanol–water partition coefficient (Wildman–Crippen LogP) is 2.06. The number of aliphatic hydroxyl groups excluding tert-OH is 1. The molecule has 1 aliphatic rings. The average molecular weight is 246 g/mol. The summed E-state index contributed by atoms with van der Waals surface area (Å²) < 4.78 is 38.3. The van der Waals surface area contributed by atoms with Crippen molar-refractivity contribution in [3.63, 3.8) is 0 Å². The fraction of sp³-hybridized carbons (Fsp3) is 0.545. The van der Waals surface area contributed by atoms with Crippen LogP contribution in [0.3, 0.4) is 0 Å². The molecule has 1 aromatic heterocycles. The number of anilines is 1. The summed E-state index contributed by atoms with van der Waals surface area (Å²) in [5, 5.41) is 9.48. The van der Waals surface area contributed by atoms with Crippen LogP contribution in [0.2, 0.25) is 0 Å². The van der Waals surface area contributed by atoms with Crippen LogP contribution in [0.15, 0.2) is 18.3 Å². The maximum Gasteiger partial charge on any atom is 0.419 e. The summed E-state index contributed by atoms with van der Waals surface area (Å²) in [7, 11) is 0. The number of halogens is 3. The van der Waals surface area contributed by atoms with Crippen LogP contribution in [0.25, 0.3) is 0 Å². The van der Waals surface area contributed by atoms with Gasteiger partial charge in [0.05, 0.1) is 11.7 Å². The summed E-state index contributed by atoms with van der Waals surface area (Å²) in [4.78, 5) is 5.30. The molecule has 1 atom stereocenters. The first kappa shape index (κ1) is 12.2. The highest BCUT2D eigenvalue weighted by atomic mass is 19.4. The van der Waals surface area contributed by atoms with Gasteiger partial charge in [0.1, 0.15) is 5.82 Å². The second-order valence-corrected chi connectivity index (χ2v) is 4.11. The van der Waals surface area contributed by atoms with Gasteiger partial charge >= 0.3 is 6.18 Å². The first-order chi connectivity index (χ1) is 7.98. The number of aromatic nitrogens is 1. The molecular formula is C11H13F3N2O. The average Bonchev–Trinajstić information content (AvgIpc) is 2.28. The number of nitrogens with zero attached hydrogens (tertiary/aromatic N) is 2. The van der Waals surface area contributed by atoms with Crippen molar-refractivity contribution in [2.75, 3.05) is 18.0 Å². The number of pyridine rings is 1. The SMILES string of the molecule is O[C@H]1CCCN(c2ncccc2C(F)(F)F)C1. The first-order valence-corrected chi connectivity index (χ1v) is 5.43. The second kappa shape index (κ2) is 4.52. The summed E-state index contributed by atoms with van der Waals surface area (Å²) >= 11 is 0. The van der Waals surface area contributed by atoms with E-state index >= 15 is 0 Å². The third-order valence-corrected chi connectivity index (χ3v) is 2.79. The lowest BCUT2D eigenvalue weighted by Gasteiger charge is -2.32. The van der Waals surface area contributed by atoms with Crippen molar-refractivity contribution in [1.29, 1.82) is 0 Å². The van der Waals surface area contributed by atoms with E-state index in [1.807, 2.05) is 0 Å². The van der Waals surface area contributed by atoms with Crippen LogP contribution < -0.4 is 4.90 Å². The van der Waals surface area contributed by atoms with Crippen molar-refractivity contribution in [2.45, 2.75) is 25.1 Å². The molecule has 2 heterocycles. The van der Waals surface area contributed by atoms with Crippen LogP contribution in [0, 0.1) is 0 Å². The Bertz CT molecular complexity index is 395. The molecule has 94 valence electrons. The number of piperidine rings is 1. The fourth-order valence-electron chi connectivity index (χ4n) is 2.02. The number of hydrogen-bond acceptors (Lipinski definition) is 3. The summed E-state index contributed by atoms with van der Waals surface area (Å²) in [5.74, 6) is -0.0845. The molecule has 6 heteroatoms. The van der Waals surface area contributed by atoms with Gasteiger partial charge in [0, 0.05) is 19.3 Å². The van der Waals surface area contributed by atoms with Crippen molar-refractivity contribution in [1.82, 2.24) is 4.98 Å². The molecule has 0 bridgehead atoms. The van der Waals surface area contributed by atoms with Crippen molar-refractivity contribution in [3.8, 4) is 0 Å². The molecule has 0 spiro atoms. The molecule has 1 aromatic rings. The van der Waals surface area contributed by atoms with Crippen LogP contribution in [0.1, 0.15) is 18.4 Å². The maximum atomic E-state index is 12.8. The van der Waals surface area contributed by atoms with Gasteiger partial charge in [0.15, 0.2) is 0 Å². The van der Waals surface area contributed by atoms with Crippen LogP contribution in [0.4, 0.5) is 19.0 Å². The second-order valence-electron chi connectivity index (χ2n) is 4.11. The van der Waals surface area contributed by atoms with Gasteiger partial charge in [-0.2, -0.15) is 13.2 Å². The Hall–Kier alpha value is -1.30. The molecule has 1 aliphatic heterocycles. The third-order valence-electron chi connectivity index (χ3n) is 2.79. The Balaban J connectivity index is 2.31. The Morgan fingerprint density at radius 1 is 1.41 bits per heavy atom. The predicted molar refractivity (Wildman–Crippen MR) is 56.7 cm³/mol. The standard InChI is InChI=1S/C11H13F3N2O/c12-11(13,14)9-4-1-5-15-10(9)16-6-2-3-8(17)7-16/h1,4-5,8,17H,2-3,6-7H2/t8-/m0/s1. The van der Waals surface area contributed by atoms with Gasteiger partial charge < -0.3 is 10.0 Å². The van der Waals surface area contributed by atoms with Crippen LogP contribution in [0.5, 0.6) is 0 Å². The van der Waals surface area contributed by atoms with Gasteiger partial charge in [0.25, 0.3) is 0 Å². The number of aliphatic hydroxyl groups is 1. The minimum atomic E-state index is -4.41. The number of rotatable bonds is 1. The normalized spacial score (nSPS) is 21.6. The van der Waals surface area contributed by atoms with E-state index in [-0.39, 0.29) is 12.4 Å². The van der Waals surface area contributed by atoms with E-state index in [1.54, 1.807) is 0 Å². The molecule has 1 N–H and O–H groups in total. The fourth-order valence-corrected chi connectivity index (χ4v) is 2.02. The van der Waals surface area contributed by atoms with E-state index in [0.29, 0.717) is 19.4 Å². The largest absolute Gasteiger partial charge is 0.419 e. The quantitative estimate of drug-likeness (QED) is 0.824. The molecule has 0 aromatic carbocycles. The molecule has 0 saturated carbocycles. The molecule has 2 rings (SSSR count). The van der Waals surface area contributed by atoms with Gasteiger partial charge in [-0.15, -0.1) is 0 Å². The van der Waals surface area contributed by atoms with E-state index in [4.69, 9.17) is 0 Å². The Kier molecular flexibility index (Phi) is 3.24. The van der Waals surface area contributed by atoms with Crippen LogP contribution in [-0.4, -0.2) is 29.3 Å². The minimum absolute atomic E-state index is 0.0845. The smallest absolute Gasteiger partial charge is 0.391 e. The van der Waals surface area contributed by atoms with Crippen molar-refractivity contribution in [3.05, 3.63) is 23.9 Å². The van der Waals surface area contributed by atoms with Gasteiger partial charge in [0.2, 0.25) is 0 Å². The zero-order valence-electron chi connectivity index (χ0n) is 9.11. The van der Waals surface area contributed by atoms with E-state index in [0.717, 1.165) is 6.07 Å². The van der Waals surface area contributed by atoms with E-state index in [1.165, 1.54) is 17.2 Å². The zero-order chi connectivity index (χ0) is 12.5. The molecule has 0 radical (unpaired) electrons. The lowest BCUT2D eigenvalue weighted by Crippen LogP contribution is -2.39. The van der Waals surface area contributed by atoms with Crippen molar-refractivity contribution >= 4 is 5.82 Å². The summed E-state index contributed by atoms with van der Waals surface area (Å²) in [6, 6.07) is 2.29. The van der Waals surface area contributed by atoms with Crippen LogP contribution in [-0.2, 0) is 6.18 Å². The highest BCUT2D eigenvalue weighted by molar-refractivity contribution is 5.48. The van der Waals surface area contributed by atoms with Gasteiger partial charge in [-0.25, -0.2) is 4.98 Å². The zero-order valence-corrected chi connectivity index (χ0v) is 9.11. The molecule has 17 heavy (non-hydrogen) atoms. The van der Waals surface area contributed by atoms with E-state index in [9.17, 15) is 18.3 Å². The molecule has 0 aliphatic carbocycles. The van der Waals surface area contributed by atoms with Gasteiger partial charge in [-0.3, -0.25) is 0 Å². The number of β-amino-alcohol motifs (C(OH)–C–C–N with tert-alkyl or cyclic N) is 1. The van der Waals surface area contributed by atoms with E-state index < -0.39 is 17.8 Å². The summed E-state index contributed by atoms with van der Waals surface area (Å²) in [6.07, 6.45) is -2.34. The van der Waals surface area contributed by atoms with Crippen molar-refractivity contribution < 1.29 is 18.3 Å². The number of alkyl halides is 3. The molecule has 1 saturated heterocycles. The lowest BCUT2D eigenvalue weighted by molar-refractivity contribution is -0.137. The van der Waals surface area contributed by atoms with Gasteiger partial charge in [-0.1, -0.05) is 0 Å². The monoisotopic (exact) mass is 246 g/mol. The lowest BCUT2D eigenvalue weighted by atomic mass is 10.1. The summed E-state index contributed by atoms with van der Waals surface area (Å²) in [6.45, 7) is 0.706. The molecular weight excluding hydrogens is 233 g/mol. The highest BCUT2D eigenvalue weighted by Crippen LogP contribution is 2.35. The van der Waals surface area contributed by atoms with E-state index in [2.05, 4.69) is 4.98 Å². The highest BCUT2D eigenvalue weighted by Gasteiger charge is 2.36. The molecule has 1 fully saturated rings. The third kappa shape index (κ3) is 2.69. The van der Waals surface area contributed by atoms with Gasteiger partial charge in [-0.05, 0) is 25.0 Å².